The Labute approximate surface area is 156 Å². The number of carbonyl (C=O) groups excluding carboxylic acids is 2. The molecule has 1 atom stereocenters. The summed E-state index contributed by atoms with van der Waals surface area (Å²) in [6, 6.07) is 5.29. The number of nitrogens with one attached hydrogen (secondary N) is 1. The molecular formula is C17H15F3N4O4. The molecule has 1 unspecified atom stereocenters. The van der Waals surface area contributed by atoms with Gasteiger partial charge in [-0.15, -0.1) is 0 Å². The van der Waals surface area contributed by atoms with Crippen molar-refractivity contribution in [3.8, 4) is 5.69 Å². The summed E-state index contributed by atoms with van der Waals surface area (Å²) in [6.07, 6.45) is -4.19. The summed E-state index contributed by atoms with van der Waals surface area (Å²) in [5, 5.41) is 15.1. The lowest BCUT2D eigenvalue weighted by Gasteiger charge is -2.13. The first kappa shape index (κ1) is 19.4. The van der Waals surface area contributed by atoms with Gasteiger partial charge in [0.15, 0.2) is 5.69 Å². The lowest BCUT2D eigenvalue weighted by Crippen LogP contribution is -2.25. The first-order valence-electron chi connectivity index (χ1n) is 8.11. The zero-order valence-corrected chi connectivity index (χ0v) is 14.5. The van der Waals surface area contributed by atoms with Crippen LogP contribution in [0.25, 0.3) is 5.69 Å². The van der Waals surface area contributed by atoms with E-state index in [0.29, 0.717) is 23.1 Å². The molecule has 1 aromatic heterocycles. The van der Waals surface area contributed by atoms with E-state index < -0.39 is 29.3 Å². The summed E-state index contributed by atoms with van der Waals surface area (Å²) < 4.78 is 40.3. The van der Waals surface area contributed by atoms with Gasteiger partial charge in [-0.2, -0.15) is 18.3 Å². The second kappa shape index (κ2) is 6.98. The average molecular weight is 396 g/mol. The van der Waals surface area contributed by atoms with E-state index in [1.807, 2.05) is 0 Å². The topological polar surface area (TPSA) is 105 Å². The number of benzene rings is 1. The van der Waals surface area contributed by atoms with E-state index >= 15 is 0 Å². The number of nitrogens with zero attached hydrogens (tertiary/aromatic N) is 3. The van der Waals surface area contributed by atoms with Gasteiger partial charge in [-0.1, -0.05) is 0 Å². The normalized spacial score (nSPS) is 17.1. The van der Waals surface area contributed by atoms with Crippen LogP contribution in [0.3, 0.4) is 0 Å². The third kappa shape index (κ3) is 3.68. The highest BCUT2D eigenvalue weighted by Crippen LogP contribution is 2.33. The van der Waals surface area contributed by atoms with Gasteiger partial charge in [0.2, 0.25) is 11.8 Å². The summed E-state index contributed by atoms with van der Waals surface area (Å²) in [5.74, 6) is -2.74. The molecule has 1 saturated heterocycles. The van der Waals surface area contributed by atoms with Crippen LogP contribution in [0.5, 0.6) is 0 Å². The fraction of sp³-hybridized carbons (Fsp3) is 0.294. The number of aromatic carboxylic acids is 1. The Morgan fingerprint density at radius 1 is 1.25 bits per heavy atom. The van der Waals surface area contributed by atoms with Crippen LogP contribution in [0.15, 0.2) is 30.5 Å². The SMILES string of the molecule is CN1CC(C(=O)Nc2ccc(-n3ncc(C(=O)O)c3C(F)(F)F)cc2)CC1=O. The summed E-state index contributed by atoms with van der Waals surface area (Å²) in [5.41, 5.74) is -2.05. The molecule has 0 spiro atoms. The first-order valence-corrected chi connectivity index (χ1v) is 8.11. The zero-order chi connectivity index (χ0) is 20.6. The van der Waals surface area contributed by atoms with Crippen molar-refractivity contribution in [2.75, 3.05) is 18.9 Å². The summed E-state index contributed by atoms with van der Waals surface area (Å²) in [4.78, 5) is 36.2. The van der Waals surface area contributed by atoms with Gasteiger partial charge in [0.1, 0.15) is 5.56 Å². The van der Waals surface area contributed by atoms with Crippen LogP contribution in [-0.2, 0) is 15.8 Å². The molecule has 1 aliphatic heterocycles. The number of hydrogen-bond acceptors (Lipinski definition) is 4. The maximum absolute atomic E-state index is 13.3. The van der Waals surface area contributed by atoms with E-state index in [-0.39, 0.29) is 23.9 Å². The van der Waals surface area contributed by atoms with Gasteiger partial charge in [0.05, 0.1) is 17.8 Å². The van der Waals surface area contributed by atoms with Gasteiger partial charge in [0.25, 0.3) is 0 Å². The van der Waals surface area contributed by atoms with Crippen LogP contribution in [0.4, 0.5) is 18.9 Å². The minimum Gasteiger partial charge on any atom is -0.478 e. The Bertz CT molecular complexity index is 937. The molecule has 11 heteroatoms. The minimum absolute atomic E-state index is 0.0198. The quantitative estimate of drug-likeness (QED) is 0.823. The van der Waals surface area contributed by atoms with E-state index in [4.69, 9.17) is 5.11 Å². The molecule has 3 rings (SSSR count). The second-order valence-corrected chi connectivity index (χ2v) is 6.33. The third-order valence-electron chi connectivity index (χ3n) is 4.36. The highest BCUT2D eigenvalue weighted by molar-refractivity contribution is 5.97. The van der Waals surface area contributed by atoms with Crippen LogP contribution in [0.2, 0.25) is 0 Å². The van der Waals surface area contributed by atoms with Crippen molar-refractivity contribution in [2.24, 2.45) is 5.92 Å². The Morgan fingerprint density at radius 3 is 2.39 bits per heavy atom. The van der Waals surface area contributed by atoms with Gasteiger partial charge < -0.3 is 15.3 Å². The monoisotopic (exact) mass is 396 g/mol. The van der Waals surface area contributed by atoms with Crippen molar-refractivity contribution >= 4 is 23.5 Å². The summed E-state index contributed by atoms with van der Waals surface area (Å²) in [6.45, 7) is 0.295. The lowest BCUT2D eigenvalue weighted by atomic mass is 10.1. The molecule has 2 heterocycles. The molecular weight excluding hydrogens is 381 g/mol. The molecule has 0 aliphatic carbocycles. The first-order chi connectivity index (χ1) is 13.1. The highest BCUT2D eigenvalue weighted by atomic mass is 19.4. The van der Waals surface area contributed by atoms with Crippen LogP contribution in [0, 0.1) is 5.92 Å². The van der Waals surface area contributed by atoms with Crippen molar-refractivity contribution in [3.63, 3.8) is 0 Å². The number of hydrogen-bond donors (Lipinski definition) is 2. The van der Waals surface area contributed by atoms with Crippen molar-refractivity contribution in [1.29, 1.82) is 0 Å². The van der Waals surface area contributed by atoms with Crippen molar-refractivity contribution in [2.45, 2.75) is 12.6 Å². The highest BCUT2D eigenvalue weighted by Gasteiger charge is 2.40. The number of carboxylic acid groups (broad SMARTS) is 1. The molecule has 1 aliphatic rings. The van der Waals surface area contributed by atoms with E-state index in [0.717, 1.165) is 0 Å². The smallest absolute Gasteiger partial charge is 0.434 e. The van der Waals surface area contributed by atoms with Gasteiger partial charge in [-0.05, 0) is 24.3 Å². The molecule has 0 saturated carbocycles. The molecule has 28 heavy (non-hydrogen) atoms. The maximum Gasteiger partial charge on any atom is 0.434 e. The van der Waals surface area contributed by atoms with E-state index in [1.165, 1.54) is 29.2 Å². The van der Waals surface area contributed by atoms with Gasteiger partial charge >= 0.3 is 12.1 Å². The molecule has 148 valence electrons. The summed E-state index contributed by atoms with van der Waals surface area (Å²) >= 11 is 0. The molecule has 2 amide bonds. The second-order valence-electron chi connectivity index (χ2n) is 6.33. The number of carboxylic acids is 1. The number of carbonyl (C=O) groups is 3. The Balaban J connectivity index is 1.81. The standard InChI is InChI=1S/C17H15F3N4O4/c1-23-8-9(6-13(23)25)15(26)22-10-2-4-11(5-3-10)24-14(17(18,19)20)12(7-21-24)16(27)28/h2-5,7,9H,6,8H2,1H3,(H,22,26)(H,27,28). The molecule has 1 fully saturated rings. The number of alkyl halides is 3. The number of anilines is 1. The van der Waals surface area contributed by atoms with Crippen LogP contribution in [0.1, 0.15) is 22.5 Å². The average Bonchev–Trinajstić information content (AvgIpc) is 3.20. The number of likely N-dealkylation sites (tertiary alicyclic amines) is 1. The van der Waals surface area contributed by atoms with E-state index in [1.54, 1.807) is 7.05 Å². The fourth-order valence-corrected chi connectivity index (χ4v) is 2.94. The Morgan fingerprint density at radius 2 is 1.89 bits per heavy atom. The Kier molecular flexibility index (Phi) is 4.84. The molecule has 8 nitrogen and oxygen atoms in total. The molecule has 2 N–H and O–H groups in total. The van der Waals surface area contributed by atoms with Gasteiger partial charge in [0, 0.05) is 25.7 Å². The third-order valence-corrected chi connectivity index (χ3v) is 4.36. The van der Waals surface area contributed by atoms with Gasteiger partial charge in [-0.25, -0.2) is 9.48 Å². The molecule has 0 bridgehead atoms. The molecule has 2 aromatic rings. The van der Waals surface area contributed by atoms with Gasteiger partial charge in [-0.3, -0.25) is 9.59 Å². The number of halogens is 3. The molecule has 0 radical (unpaired) electrons. The van der Waals surface area contributed by atoms with Crippen LogP contribution in [-0.4, -0.2) is 51.2 Å². The van der Waals surface area contributed by atoms with E-state index in [2.05, 4.69) is 10.4 Å². The van der Waals surface area contributed by atoms with E-state index in [9.17, 15) is 27.6 Å². The minimum atomic E-state index is -4.92. The largest absolute Gasteiger partial charge is 0.478 e. The lowest BCUT2D eigenvalue weighted by molar-refractivity contribution is -0.143. The number of rotatable bonds is 4. The van der Waals surface area contributed by atoms with Crippen molar-refractivity contribution in [3.05, 3.63) is 41.7 Å². The fourth-order valence-electron chi connectivity index (χ4n) is 2.94. The predicted octanol–water partition coefficient (Wildman–Crippen LogP) is 2.01. The predicted molar refractivity (Wildman–Crippen MR) is 89.9 cm³/mol. The molecule has 1 aromatic carbocycles. The maximum atomic E-state index is 13.3. The van der Waals surface area contributed by atoms with Crippen molar-refractivity contribution in [1.82, 2.24) is 14.7 Å². The number of aromatic nitrogens is 2. The summed E-state index contributed by atoms with van der Waals surface area (Å²) in [7, 11) is 1.60. The van der Waals surface area contributed by atoms with Crippen molar-refractivity contribution < 1.29 is 32.7 Å². The number of amides is 2. The Hall–Kier alpha value is -3.37. The van der Waals surface area contributed by atoms with Crippen LogP contribution >= 0.6 is 0 Å². The zero-order valence-electron chi connectivity index (χ0n) is 14.5. The van der Waals surface area contributed by atoms with Crippen LogP contribution < -0.4 is 5.32 Å².